The van der Waals surface area contributed by atoms with E-state index in [9.17, 15) is 4.79 Å². The van der Waals surface area contributed by atoms with Gasteiger partial charge < -0.3 is 5.32 Å². The minimum atomic E-state index is -0.258. The van der Waals surface area contributed by atoms with Gasteiger partial charge in [0.25, 0.3) is 5.91 Å². The Morgan fingerprint density at radius 3 is 2.74 bits per heavy atom. The Kier molecular flexibility index (Phi) is 4.13. The van der Waals surface area contributed by atoms with Crippen LogP contribution in [-0.2, 0) is 6.54 Å². The summed E-state index contributed by atoms with van der Waals surface area (Å²) in [4.78, 5) is 12.1. The molecule has 0 aliphatic rings. The van der Waals surface area contributed by atoms with Crippen LogP contribution in [0.1, 0.15) is 21.9 Å². The molecule has 0 unspecified atom stereocenters. The van der Waals surface area contributed by atoms with Crippen molar-refractivity contribution in [3.8, 4) is 5.82 Å². The Balaban J connectivity index is 1.57. The van der Waals surface area contributed by atoms with Gasteiger partial charge in [-0.3, -0.25) is 9.48 Å². The van der Waals surface area contributed by atoms with Gasteiger partial charge in [0.15, 0.2) is 11.5 Å². The summed E-state index contributed by atoms with van der Waals surface area (Å²) in [6, 6.07) is 7.13. The first kappa shape index (κ1) is 14.9. The second kappa shape index (κ2) is 6.39. The standard InChI is InChI=1S/C15H17N7O/c1-11-10-12(2)21(20-11)9-7-16-15(23)13-4-5-14(19-18-13)22-8-3-6-17-22/h3-6,8,10H,7,9H2,1-2H3,(H,16,23). The molecule has 3 aromatic heterocycles. The second-order valence-corrected chi connectivity index (χ2v) is 5.13. The molecule has 0 bridgehead atoms. The minimum Gasteiger partial charge on any atom is -0.349 e. The molecular formula is C15H17N7O. The van der Waals surface area contributed by atoms with E-state index in [-0.39, 0.29) is 11.6 Å². The number of nitrogens with zero attached hydrogens (tertiary/aromatic N) is 6. The van der Waals surface area contributed by atoms with Gasteiger partial charge in [-0.2, -0.15) is 10.2 Å². The van der Waals surface area contributed by atoms with Gasteiger partial charge in [0.1, 0.15) is 0 Å². The summed E-state index contributed by atoms with van der Waals surface area (Å²) in [6.45, 7) is 5.02. The first-order valence-corrected chi connectivity index (χ1v) is 7.26. The summed E-state index contributed by atoms with van der Waals surface area (Å²) in [5.41, 5.74) is 2.31. The van der Waals surface area contributed by atoms with Crippen LogP contribution in [-0.4, -0.2) is 42.2 Å². The molecule has 8 nitrogen and oxygen atoms in total. The molecule has 3 heterocycles. The number of amides is 1. The Labute approximate surface area is 133 Å². The van der Waals surface area contributed by atoms with Gasteiger partial charge in [-0.15, -0.1) is 10.2 Å². The molecule has 0 saturated carbocycles. The topological polar surface area (TPSA) is 90.5 Å². The van der Waals surface area contributed by atoms with Gasteiger partial charge in [0.2, 0.25) is 0 Å². The van der Waals surface area contributed by atoms with Crippen LogP contribution >= 0.6 is 0 Å². The maximum atomic E-state index is 12.1. The highest BCUT2D eigenvalue weighted by molar-refractivity contribution is 5.92. The third kappa shape index (κ3) is 3.42. The van der Waals surface area contributed by atoms with Crippen LogP contribution in [0.4, 0.5) is 0 Å². The number of carbonyl (C=O) groups excluding carboxylic acids is 1. The number of rotatable bonds is 5. The fourth-order valence-electron chi connectivity index (χ4n) is 2.24. The van der Waals surface area contributed by atoms with Crippen molar-refractivity contribution < 1.29 is 4.79 Å². The maximum Gasteiger partial charge on any atom is 0.271 e. The number of nitrogens with one attached hydrogen (secondary N) is 1. The highest BCUT2D eigenvalue weighted by atomic mass is 16.1. The van der Waals surface area contributed by atoms with E-state index in [1.54, 1.807) is 35.3 Å². The zero-order valence-corrected chi connectivity index (χ0v) is 13.0. The molecule has 1 amide bonds. The van der Waals surface area contributed by atoms with Gasteiger partial charge in [0.05, 0.1) is 12.2 Å². The predicted octanol–water partition coefficient (Wildman–Crippen LogP) is 0.906. The first-order valence-electron chi connectivity index (χ1n) is 7.26. The number of aryl methyl sites for hydroxylation is 2. The lowest BCUT2D eigenvalue weighted by Crippen LogP contribution is -2.28. The van der Waals surface area contributed by atoms with Crippen molar-refractivity contribution in [3.05, 3.63) is 53.7 Å². The summed E-state index contributed by atoms with van der Waals surface area (Å²) >= 11 is 0. The molecule has 0 saturated heterocycles. The molecule has 0 spiro atoms. The molecule has 3 aromatic rings. The Bertz CT molecular complexity index is 790. The van der Waals surface area contributed by atoms with Crippen molar-refractivity contribution in [1.82, 2.24) is 35.1 Å². The first-order chi connectivity index (χ1) is 11.1. The molecule has 0 aliphatic carbocycles. The molecule has 0 aromatic carbocycles. The zero-order valence-electron chi connectivity index (χ0n) is 13.0. The largest absolute Gasteiger partial charge is 0.349 e. The summed E-state index contributed by atoms with van der Waals surface area (Å²) in [6.07, 6.45) is 3.42. The van der Waals surface area contributed by atoms with E-state index in [0.29, 0.717) is 18.9 Å². The van der Waals surface area contributed by atoms with E-state index in [2.05, 4.69) is 25.7 Å². The van der Waals surface area contributed by atoms with Crippen LogP contribution in [0.5, 0.6) is 0 Å². The van der Waals surface area contributed by atoms with Gasteiger partial charge in [0, 0.05) is 24.6 Å². The lowest BCUT2D eigenvalue weighted by Gasteiger charge is -2.06. The summed E-state index contributed by atoms with van der Waals surface area (Å²) in [5, 5.41) is 19.2. The van der Waals surface area contributed by atoms with Crippen LogP contribution in [0.2, 0.25) is 0 Å². The summed E-state index contributed by atoms with van der Waals surface area (Å²) in [7, 11) is 0. The van der Waals surface area contributed by atoms with E-state index >= 15 is 0 Å². The Morgan fingerprint density at radius 1 is 1.26 bits per heavy atom. The van der Waals surface area contributed by atoms with Crippen molar-refractivity contribution >= 4 is 5.91 Å². The number of carbonyl (C=O) groups is 1. The van der Waals surface area contributed by atoms with E-state index in [1.807, 2.05) is 24.6 Å². The quantitative estimate of drug-likeness (QED) is 0.756. The minimum absolute atomic E-state index is 0.258. The third-order valence-electron chi connectivity index (χ3n) is 3.33. The smallest absolute Gasteiger partial charge is 0.271 e. The van der Waals surface area contributed by atoms with Crippen LogP contribution in [0.3, 0.4) is 0 Å². The van der Waals surface area contributed by atoms with Crippen LogP contribution in [0.25, 0.3) is 5.82 Å². The fraction of sp³-hybridized carbons (Fsp3) is 0.267. The molecule has 23 heavy (non-hydrogen) atoms. The average Bonchev–Trinajstić information content (AvgIpc) is 3.18. The monoisotopic (exact) mass is 311 g/mol. The zero-order chi connectivity index (χ0) is 16.2. The highest BCUT2D eigenvalue weighted by Crippen LogP contribution is 2.03. The van der Waals surface area contributed by atoms with E-state index < -0.39 is 0 Å². The van der Waals surface area contributed by atoms with Gasteiger partial charge in [-0.05, 0) is 38.1 Å². The number of hydrogen-bond donors (Lipinski definition) is 1. The van der Waals surface area contributed by atoms with Crippen molar-refractivity contribution in [3.63, 3.8) is 0 Å². The van der Waals surface area contributed by atoms with Gasteiger partial charge in [-0.1, -0.05) is 0 Å². The molecule has 1 N–H and O–H groups in total. The lowest BCUT2D eigenvalue weighted by atomic mass is 10.3. The molecule has 0 radical (unpaired) electrons. The summed E-state index contributed by atoms with van der Waals surface area (Å²) in [5.74, 6) is 0.306. The molecule has 118 valence electrons. The van der Waals surface area contributed by atoms with Gasteiger partial charge >= 0.3 is 0 Å². The van der Waals surface area contributed by atoms with E-state index in [4.69, 9.17) is 0 Å². The van der Waals surface area contributed by atoms with E-state index in [0.717, 1.165) is 11.4 Å². The van der Waals surface area contributed by atoms with Crippen LogP contribution in [0, 0.1) is 13.8 Å². The summed E-state index contributed by atoms with van der Waals surface area (Å²) < 4.78 is 3.44. The molecule has 3 rings (SSSR count). The lowest BCUT2D eigenvalue weighted by molar-refractivity contribution is 0.0946. The Hall–Kier alpha value is -3.03. The average molecular weight is 311 g/mol. The van der Waals surface area contributed by atoms with Crippen molar-refractivity contribution in [2.75, 3.05) is 6.54 Å². The molecule has 0 atom stereocenters. The molecule has 0 aliphatic heterocycles. The van der Waals surface area contributed by atoms with Crippen molar-refractivity contribution in [2.24, 2.45) is 0 Å². The highest BCUT2D eigenvalue weighted by Gasteiger charge is 2.09. The predicted molar refractivity (Wildman–Crippen MR) is 83.2 cm³/mol. The number of hydrogen-bond acceptors (Lipinski definition) is 5. The molecule has 0 fully saturated rings. The van der Waals surface area contributed by atoms with Crippen LogP contribution in [0.15, 0.2) is 36.7 Å². The molecular weight excluding hydrogens is 294 g/mol. The SMILES string of the molecule is Cc1cc(C)n(CCNC(=O)c2ccc(-n3cccn3)nn2)n1. The van der Waals surface area contributed by atoms with Crippen LogP contribution < -0.4 is 5.32 Å². The van der Waals surface area contributed by atoms with Gasteiger partial charge in [-0.25, -0.2) is 4.68 Å². The molecule has 8 heteroatoms. The van der Waals surface area contributed by atoms with E-state index in [1.165, 1.54) is 0 Å². The van der Waals surface area contributed by atoms with Crippen molar-refractivity contribution in [2.45, 2.75) is 20.4 Å². The fourth-order valence-corrected chi connectivity index (χ4v) is 2.24. The third-order valence-corrected chi connectivity index (χ3v) is 3.33. The van der Waals surface area contributed by atoms with Crippen molar-refractivity contribution in [1.29, 1.82) is 0 Å². The Morgan fingerprint density at radius 2 is 2.13 bits per heavy atom. The second-order valence-electron chi connectivity index (χ2n) is 5.13. The maximum absolute atomic E-state index is 12.1. The number of aromatic nitrogens is 6. The normalized spacial score (nSPS) is 10.7.